The monoisotopic (exact) mass is 399 g/mol. The predicted octanol–water partition coefficient (Wildman–Crippen LogP) is 4.17. The number of amides is 1. The van der Waals surface area contributed by atoms with E-state index in [1.54, 1.807) is 50.2 Å². The van der Waals surface area contributed by atoms with Gasteiger partial charge in [-0.1, -0.05) is 23.7 Å². The van der Waals surface area contributed by atoms with E-state index < -0.39 is 17.5 Å². The molecule has 1 aromatic heterocycles. The van der Waals surface area contributed by atoms with Crippen LogP contribution in [0.2, 0.25) is 5.02 Å². The molecule has 0 bridgehead atoms. The number of benzene rings is 2. The number of nitrogens with one attached hydrogen (secondary N) is 1. The number of carbonyl (C=O) groups is 2. The van der Waals surface area contributed by atoms with Crippen LogP contribution in [0.25, 0.3) is 11.0 Å². The lowest BCUT2D eigenvalue weighted by Crippen LogP contribution is -2.21. The minimum atomic E-state index is -0.612. The van der Waals surface area contributed by atoms with Gasteiger partial charge in [0.25, 0.3) is 0 Å². The highest BCUT2D eigenvalue weighted by atomic mass is 35.5. The number of fused-ring (bicyclic) bond motifs is 1. The van der Waals surface area contributed by atoms with Crippen LogP contribution < -0.4 is 15.7 Å². The average Bonchev–Trinajstić information content (AvgIpc) is 2.59. The van der Waals surface area contributed by atoms with Gasteiger partial charge in [0, 0.05) is 6.92 Å². The maximum atomic E-state index is 12.5. The Morgan fingerprint density at radius 2 is 1.89 bits per heavy atom. The molecule has 2 aromatic carbocycles. The molecule has 0 radical (unpaired) electrons. The molecule has 144 valence electrons. The molecular weight excluding hydrogens is 382 g/mol. The molecule has 0 saturated carbocycles. The number of aryl methyl sites for hydroxylation is 2. The van der Waals surface area contributed by atoms with Crippen LogP contribution in [0.5, 0.6) is 5.75 Å². The van der Waals surface area contributed by atoms with Gasteiger partial charge in [-0.15, -0.1) is 0 Å². The molecule has 0 fully saturated rings. The third-order valence-corrected chi connectivity index (χ3v) is 4.56. The highest BCUT2D eigenvalue weighted by Gasteiger charge is 2.19. The van der Waals surface area contributed by atoms with Crippen LogP contribution in [-0.2, 0) is 16.0 Å². The normalized spacial score (nSPS) is 10.7. The van der Waals surface area contributed by atoms with E-state index in [4.69, 9.17) is 20.8 Å². The van der Waals surface area contributed by atoms with E-state index in [2.05, 4.69) is 5.32 Å². The number of hydrogen-bond acceptors (Lipinski definition) is 5. The van der Waals surface area contributed by atoms with Crippen molar-refractivity contribution in [2.45, 2.75) is 27.2 Å². The van der Waals surface area contributed by atoms with Crippen molar-refractivity contribution in [2.24, 2.45) is 0 Å². The molecule has 0 unspecified atom stereocenters. The summed E-state index contributed by atoms with van der Waals surface area (Å²) in [6, 6.07) is 10.2. The minimum Gasteiger partial charge on any atom is -0.426 e. The summed E-state index contributed by atoms with van der Waals surface area (Å²) in [5.41, 5.74) is 1.63. The van der Waals surface area contributed by atoms with Gasteiger partial charge in [0.2, 0.25) is 5.91 Å². The van der Waals surface area contributed by atoms with Gasteiger partial charge in [-0.25, -0.2) is 4.79 Å². The maximum absolute atomic E-state index is 12.5. The van der Waals surface area contributed by atoms with Gasteiger partial charge in [0.1, 0.15) is 11.3 Å². The molecule has 7 heteroatoms. The standard InChI is InChI=1S/C21H18ClNO5/c1-11-8-17(27-13(3)24)20-12(2)14(21(26)28-18(20)9-11)10-19(25)23-16-7-5-4-6-15(16)22/h4-9H,10H2,1-3H3,(H,23,25). The molecule has 28 heavy (non-hydrogen) atoms. The Balaban J connectivity index is 2.02. The second kappa shape index (κ2) is 7.86. The van der Waals surface area contributed by atoms with Crippen molar-refractivity contribution in [1.29, 1.82) is 0 Å². The van der Waals surface area contributed by atoms with Crippen molar-refractivity contribution >= 4 is 40.1 Å². The molecule has 1 amide bonds. The fourth-order valence-corrected chi connectivity index (χ4v) is 3.18. The number of esters is 1. The Kier molecular flexibility index (Phi) is 5.51. The largest absolute Gasteiger partial charge is 0.426 e. The Morgan fingerprint density at radius 1 is 1.18 bits per heavy atom. The zero-order valence-corrected chi connectivity index (χ0v) is 16.3. The van der Waals surface area contributed by atoms with E-state index in [0.717, 1.165) is 5.56 Å². The summed E-state index contributed by atoms with van der Waals surface area (Å²) < 4.78 is 10.7. The number of halogens is 1. The van der Waals surface area contributed by atoms with Gasteiger partial charge < -0.3 is 14.5 Å². The summed E-state index contributed by atoms with van der Waals surface area (Å²) in [4.78, 5) is 36.4. The highest BCUT2D eigenvalue weighted by molar-refractivity contribution is 6.33. The van der Waals surface area contributed by atoms with E-state index in [9.17, 15) is 14.4 Å². The molecule has 0 atom stereocenters. The van der Waals surface area contributed by atoms with Crippen LogP contribution in [0.4, 0.5) is 5.69 Å². The smallest absolute Gasteiger partial charge is 0.340 e. The van der Waals surface area contributed by atoms with Gasteiger partial charge in [0.15, 0.2) is 0 Å². The topological polar surface area (TPSA) is 85.6 Å². The summed E-state index contributed by atoms with van der Waals surface area (Å²) >= 11 is 6.05. The first-order valence-corrected chi connectivity index (χ1v) is 8.93. The first kappa shape index (κ1) is 19.6. The Labute approximate surface area is 166 Å². The minimum absolute atomic E-state index is 0.189. The molecule has 1 N–H and O–H groups in total. The third kappa shape index (κ3) is 4.07. The lowest BCUT2D eigenvalue weighted by molar-refractivity contribution is -0.131. The van der Waals surface area contributed by atoms with Crippen molar-refractivity contribution in [3.63, 3.8) is 0 Å². The molecule has 0 aliphatic heterocycles. The molecule has 3 rings (SSSR count). The van der Waals surface area contributed by atoms with E-state index in [1.807, 2.05) is 0 Å². The Hall–Kier alpha value is -3.12. The summed E-state index contributed by atoms with van der Waals surface area (Å²) in [7, 11) is 0. The number of ether oxygens (including phenoxy) is 1. The third-order valence-electron chi connectivity index (χ3n) is 4.23. The summed E-state index contributed by atoms with van der Waals surface area (Å²) in [6.45, 7) is 4.78. The molecule has 1 heterocycles. The fourth-order valence-electron chi connectivity index (χ4n) is 2.99. The molecule has 0 aliphatic rings. The number of hydrogen-bond donors (Lipinski definition) is 1. The quantitative estimate of drug-likeness (QED) is 0.404. The lowest BCUT2D eigenvalue weighted by Gasteiger charge is -2.13. The van der Waals surface area contributed by atoms with Crippen LogP contribution in [0.1, 0.15) is 23.6 Å². The predicted molar refractivity (Wildman–Crippen MR) is 107 cm³/mol. The first-order chi connectivity index (χ1) is 13.3. The fraction of sp³-hybridized carbons (Fsp3) is 0.190. The van der Waals surface area contributed by atoms with Crippen molar-refractivity contribution in [3.05, 3.63) is 68.5 Å². The van der Waals surface area contributed by atoms with Gasteiger partial charge >= 0.3 is 11.6 Å². The van der Waals surface area contributed by atoms with Crippen LogP contribution in [-0.4, -0.2) is 11.9 Å². The summed E-state index contributed by atoms with van der Waals surface area (Å²) in [6.07, 6.45) is -0.206. The van der Waals surface area contributed by atoms with Crippen molar-refractivity contribution < 1.29 is 18.7 Å². The van der Waals surface area contributed by atoms with Crippen LogP contribution in [0.3, 0.4) is 0 Å². The van der Waals surface area contributed by atoms with Crippen LogP contribution >= 0.6 is 11.6 Å². The highest BCUT2D eigenvalue weighted by Crippen LogP contribution is 2.31. The molecule has 6 nitrogen and oxygen atoms in total. The van der Waals surface area contributed by atoms with E-state index >= 15 is 0 Å². The zero-order chi connectivity index (χ0) is 20.4. The van der Waals surface area contributed by atoms with Gasteiger partial charge in [0.05, 0.1) is 28.1 Å². The second-order valence-electron chi connectivity index (χ2n) is 6.43. The molecule has 0 saturated heterocycles. The Morgan fingerprint density at radius 3 is 2.57 bits per heavy atom. The van der Waals surface area contributed by atoms with Crippen molar-refractivity contribution in [3.8, 4) is 5.75 Å². The molecule has 0 spiro atoms. The lowest BCUT2D eigenvalue weighted by atomic mass is 10.0. The zero-order valence-electron chi connectivity index (χ0n) is 15.6. The van der Waals surface area contributed by atoms with E-state index in [0.29, 0.717) is 27.2 Å². The van der Waals surface area contributed by atoms with Gasteiger partial charge in [-0.3, -0.25) is 9.59 Å². The number of rotatable bonds is 4. The number of carbonyl (C=O) groups excluding carboxylic acids is 2. The summed E-state index contributed by atoms with van der Waals surface area (Å²) in [5.74, 6) is -0.615. The number of para-hydroxylation sites is 1. The van der Waals surface area contributed by atoms with E-state index in [1.165, 1.54) is 6.92 Å². The maximum Gasteiger partial charge on any atom is 0.340 e. The molecule has 0 aliphatic carbocycles. The van der Waals surface area contributed by atoms with Gasteiger partial charge in [-0.2, -0.15) is 0 Å². The Bertz CT molecular complexity index is 1150. The molecule has 3 aromatic rings. The number of anilines is 1. The summed E-state index contributed by atoms with van der Waals surface area (Å²) in [5, 5.41) is 3.56. The van der Waals surface area contributed by atoms with Crippen LogP contribution in [0.15, 0.2) is 45.6 Å². The second-order valence-corrected chi connectivity index (χ2v) is 6.83. The van der Waals surface area contributed by atoms with Gasteiger partial charge in [-0.05, 0) is 49.2 Å². The SMILES string of the molecule is CC(=O)Oc1cc(C)cc2oc(=O)c(CC(=O)Nc3ccccc3Cl)c(C)c12. The van der Waals surface area contributed by atoms with Crippen molar-refractivity contribution in [2.75, 3.05) is 5.32 Å². The van der Waals surface area contributed by atoms with Crippen molar-refractivity contribution in [1.82, 2.24) is 0 Å². The average molecular weight is 400 g/mol. The van der Waals surface area contributed by atoms with Crippen LogP contribution in [0, 0.1) is 13.8 Å². The molecular formula is C21H18ClNO5. The first-order valence-electron chi connectivity index (χ1n) is 8.56. The van der Waals surface area contributed by atoms with E-state index in [-0.39, 0.29) is 17.7 Å².